The van der Waals surface area contributed by atoms with E-state index in [-0.39, 0.29) is 23.4 Å². The van der Waals surface area contributed by atoms with Gasteiger partial charge in [0.25, 0.3) is 5.56 Å². The van der Waals surface area contributed by atoms with Gasteiger partial charge in [-0.05, 0) is 61.6 Å². The third-order valence-electron chi connectivity index (χ3n) is 5.97. The molecule has 0 saturated carbocycles. The second kappa shape index (κ2) is 8.08. The molecule has 0 fully saturated rings. The van der Waals surface area contributed by atoms with E-state index in [0.717, 1.165) is 24.8 Å². The number of nitrogens with one attached hydrogen (secondary N) is 1. The molecule has 30 heavy (non-hydrogen) atoms. The number of aromatic nitrogens is 1. The lowest BCUT2D eigenvalue weighted by Crippen LogP contribution is -2.31. The number of hydrogen-bond acceptors (Lipinski definition) is 5. The van der Waals surface area contributed by atoms with E-state index >= 15 is 0 Å². The van der Waals surface area contributed by atoms with Gasteiger partial charge in [0.1, 0.15) is 29.2 Å². The highest BCUT2D eigenvalue weighted by Crippen LogP contribution is 2.43. The molecule has 7 heteroatoms. The molecular formula is C23H26N4O2S. The van der Waals surface area contributed by atoms with Crippen molar-refractivity contribution in [1.29, 1.82) is 10.5 Å². The smallest absolute Gasteiger partial charge is 0.269 e. The third-order valence-corrected chi connectivity index (χ3v) is 7.14. The molecule has 2 aromatic heterocycles. The van der Waals surface area contributed by atoms with Crippen molar-refractivity contribution in [2.24, 2.45) is 11.3 Å². The molecule has 2 aromatic rings. The molecule has 1 N–H and O–H groups in total. The Morgan fingerprint density at radius 3 is 2.53 bits per heavy atom. The van der Waals surface area contributed by atoms with Crippen LogP contribution in [0.3, 0.4) is 0 Å². The number of carbonyl (C=O) groups is 1. The molecule has 3 rings (SSSR count). The molecule has 1 aliphatic carbocycles. The van der Waals surface area contributed by atoms with Crippen LogP contribution in [0.2, 0.25) is 0 Å². The van der Waals surface area contributed by atoms with Crippen molar-refractivity contribution in [3.8, 4) is 12.1 Å². The van der Waals surface area contributed by atoms with E-state index in [1.165, 1.54) is 20.8 Å². The van der Waals surface area contributed by atoms with Gasteiger partial charge < -0.3 is 9.88 Å². The first-order chi connectivity index (χ1) is 14.1. The summed E-state index contributed by atoms with van der Waals surface area (Å²) in [5.74, 6) is 0.160. The van der Waals surface area contributed by atoms with Gasteiger partial charge in [-0.1, -0.05) is 20.8 Å². The molecule has 1 aliphatic rings. The lowest BCUT2D eigenvalue weighted by atomic mass is 9.72. The number of hydrogen-bond donors (Lipinski definition) is 1. The number of fused-ring (bicyclic) bond motifs is 1. The summed E-state index contributed by atoms with van der Waals surface area (Å²) in [4.78, 5) is 26.4. The molecule has 0 bridgehead atoms. The SMILES string of the molecule is Cc1cc(C)n(CC(=O)Nc2sc3c(c2C#N)CC[C@@H](C(C)(C)C)C3)c(=O)c1C#N. The van der Waals surface area contributed by atoms with Crippen LogP contribution in [0, 0.1) is 47.8 Å². The van der Waals surface area contributed by atoms with Crippen LogP contribution in [-0.2, 0) is 24.2 Å². The molecule has 2 heterocycles. The molecule has 0 unspecified atom stereocenters. The van der Waals surface area contributed by atoms with Crippen molar-refractivity contribution in [3.63, 3.8) is 0 Å². The summed E-state index contributed by atoms with van der Waals surface area (Å²) in [6, 6.07) is 5.90. The summed E-state index contributed by atoms with van der Waals surface area (Å²) in [7, 11) is 0. The minimum Gasteiger partial charge on any atom is -0.315 e. The first kappa shape index (κ1) is 21.8. The number of anilines is 1. The van der Waals surface area contributed by atoms with E-state index in [2.05, 4.69) is 32.2 Å². The summed E-state index contributed by atoms with van der Waals surface area (Å²) >= 11 is 1.47. The largest absolute Gasteiger partial charge is 0.315 e. The Morgan fingerprint density at radius 2 is 1.93 bits per heavy atom. The molecule has 0 radical (unpaired) electrons. The van der Waals surface area contributed by atoms with Crippen LogP contribution >= 0.6 is 11.3 Å². The highest BCUT2D eigenvalue weighted by atomic mass is 32.1. The van der Waals surface area contributed by atoms with E-state index in [1.807, 2.05) is 6.07 Å². The van der Waals surface area contributed by atoms with Crippen molar-refractivity contribution in [3.05, 3.63) is 49.2 Å². The maximum absolute atomic E-state index is 12.7. The minimum absolute atomic E-state index is 0.0472. The number of nitriles is 2. The van der Waals surface area contributed by atoms with Crippen molar-refractivity contribution in [2.75, 3.05) is 5.32 Å². The number of thiophene rings is 1. The van der Waals surface area contributed by atoms with Gasteiger partial charge in [0.05, 0.1) is 5.56 Å². The maximum Gasteiger partial charge on any atom is 0.269 e. The van der Waals surface area contributed by atoms with Gasteiger partial charge in [-0.25, -0.2) is 0 Å². The molecule has 156 valence electrons. The zero-order valence-electron chi connectivity index (χ0n) is 18.0. The monoisotopic (exact) mass is 422 g/mol. The average molecular weight is 423 g/mol. The molecule has 0 aromatic carbocycles. The van der Waals surface area contributed by atoms with E-state index in [9.17, 15) is 20.1 Å². The first-order valence-corrected chi connectivity index (χ1v) is 10.8. The summed E-state index contributed by atoms with van der Waals surface area (Å²) in [5, 5.41) is 22.3. The summed E-state index contributed by atoms with van der Waals surface area (Å²) in [5.41, 5.74) is 2.58. The molecule has 1 atom stereocenters. The van der Waals surface area contributed by atoms with E-state index in [1.54, 1.807) is 19.9 Å². The first-order valence-electron chi connectivity index (χ1n) is 10.0. The van der Waals surface area contributed by atoms with Crippen molar-refractivity contribution in [2.45, 2.75) is 60.4 Å². The van der Waals surface area contributed by atoms with Crippen molar-refractivity contribution < 1.29 is 4.79 Å². The van der Waals surface area contributed by atoms with Crippen LogP contribution < -0.4 is 10.9 Å². The summed E-state index contributed by atoms with van der Waals surface area (Å²) < 4.78 is 1.30. The zero-order chi connectivity index (χ0) is 22.2. The fraction of sp³-hybridized carbons (Fsp3) is 0.478. The van der Waals surface area contributed by atoms with Crippen LogP contribution in [0.15, 0.2) is 10.9 Å². The molecule has 0 aliphatic heterocycles. The Bertz CT molecular complexity index is 1150. The van der Waals surface area contributed by atoms with E-state index in [4.69, 9.17) is 0 Å². The van der Waals surface area contributed by atoms with Crippen LogP contribution in [0.5, 0.6) is 0 Å². The van der Waals surface area contributed by atoms with Gasteiger partial charge in [0.2, 0.25) is 5.91 Å². The lowest BCUT2D eigenvalue weighted by Gasteiger charge is -2.33. The van der Waals surface area contributed by atoms with Gasteiger partial charge >= 0.3 is 0 Å². The van der Waals surface area contributed by atoms with E-state index in [0.29, 0.717) is 27.7 Å². The van der Waals surface area contributed by atoms with Crippen LogP contribution in [-0.4, -0.2) is 10.5 Å². The molecule has 6 nitrogen and oxygen atoms in total. The molecule has 1 amide bonds. The molecular weight excluding hydrogens is 396 g/mol. The maximum atomic E-state index is 12.7. The number of carbonyl (C=O) groups excluding carboxylic acids is 1. The van der Waals surface area contributed by atoms with Crippen molar-refractivity contribution in [1.82, 2.24) is 4.57 Å². The topological polar surface area (TPSA) is 98.7 Å². The average Bonchev–Trinajstić information content (AvgIpc) is 3.00. The Kier molecular flexibility index (Phi) is 5.87. The molecule has 0 spiro atoms. The van der Waals surface area contributed by atoms with Crippen LogP contribution in [0.25, 0.3) is 0 Å². The van der Waals surface area contributed by atoms with Crippen LogP contribution in [0.1, 0.15) is 60.0 Å². The standard InChI is InChI=1S/C23H26N4O2S/c1-13-8-14(2)27(22(29)17(13)10-24)12-20(28)26-21-18(11-25)16-7-6-15(23(3,4)5)9-19(16)30-21/h8,15H,6-7,9,12H2,1-5H3,(H,26,28)/t15-/m1/s1. The van der Waals surface area contributed by atoms with Gasteiger partial charge in [0, 0.05) is 10.6 Å². The van der Waals surface area contributed by atoms with Gasteiger partial charge in [-0.3, -0.25) is 9.59 Å². The lowest BCUT2D eigenvalue weighted by molar-refractivity contribution is -0.116. The zero-order valence-corrected chi connectivity index (χ0v) is 18.9. The van der Waals surface area contributed by atoms with Gasteiger partial charge in [-0.2, -0.15) is 10.5 Å². The number of pyridine rings is 1. The number of rotatable bonds is 3. The normalized spacial score (nSPS) is 15.8. The third kappa shape index (κ3) is 4.04. The van der Waals surface area contributed by atoms with E-state index < -0.39 is 5.56 Å². The van der Waals surface area contributed by atoms with Crippen molar-refractivity contribution >= 4 is 22.2 Å². The fourth-order valence-corrected chi connectivity index (χ4v) is 5.39. The highest BCUT2D eigenvalue weighted by Gasteiger charge is 2.32. The molecule has 0 saturated heterocycles. The summed E-state index contributed by atoms with van der Waals surface area (Å²) in [6.45, 7) is 9.96. The predicted octanol–water partition coefficient (Wildman–Crippen LogP) is 4.06. The predicted molar refractivity (Wildman–Crippen MR) is 118 cm³/mol. The number of amides is 1. The fourth-order valence-electron chi connectivity index (χ4n) is 4.10. The van der Waals surface area contributed by atoms with Gasteiger partial charge in [0.15, 0.2) is 0 Å². The second-order valence-corrected chi connectivity index (χ2v) is 10.1. The quantitative estimate of drug-likeness (QED) is 0.806. The Balaban J connectivity index is 1.86. The number of nitrogens with zero attached hydrogens (tertiary/aromatic N) is 3. The van der Waals surface area contributed by atoms with Crippen LogP contribution in [0.4, 0.5) is 5.00 Å². The Labute approximate surface area is 180 Å². The number of aryl methyl sites for hydroxylation is 2. The van der Waals surface area contributed by atoms with Gasteiger partial charge in [-0.15, -0.1) is 11.3 Å². The highest BCUT2D eigenvalue weighted by molar-refractivity contribution is 7.16. The Hall–Kier alpha value is -2.90. The summed E-state index contributed by atoms with van der Waals surface area (Å²) in [6.07, 6.45) is 2.79. The minimum atomic E-state index is -0.468. The Morgan fingerprint density at radius 1 is 1.27 bits per heavy atom. The second-order valence-electron chi connectivity index (χ2n) is 9.02.